The van der Waals surface area contributed by atoms with Gasteiger partial charge in [0.1, 0.15) is 5.75 Å². The quantitative estimate of drug-likeness (QED) is 0.843. The average molecular weight is 346 g/mol. The third kappa shape index (κ3) is 2.81. The van der Waals surface area contributed by atoms with Crippen molar-refractivity contribution >= 4 is 27.5 Å². The van der Waals surface area contributed by atoms with Crippen LogP contribution in [0.2, 0.25) is 0 Å². The summed E-state index contributed by atoms with van der Waals surface area (Å²) in [7, 11) is 0. The van der Waals surface area contributed by atoms with E-state index in [-0.39, 0.29) is 11.7 Å². The van der Waals surface area contributed by atoms with Crippen LogP contribution in [0.5, 0.6) is 5.75 Å². The van der Waals surface area contributed by atoms with E-state index in [1.165, 1.54) is 11.6 Å². The smallest absolute Gasteiger partial charge is 0.258 e. The predicted octanol–water partition coefficient (Wildman–Crippen LogP) is 4.14. The lowest BCUT2D eigenvalue weighted by Crippen LogP contribution is -2.31. The molecule has 3 nitrogen and oxygen atoms in total. The molecule has 4 heteroatoms. The number of carbonyl (C=O) groups is 1. The number of phenols is 1. The zero-order valence-corrected chi connectivity index (χ0v) is 13.1. The predicted molar refractivity (Wildman–Crippen MR) is 86.9 cm³/mol. The zero-order chi connectivity index (χ0) is 14.8. The van der Waals surface area contributed by atoms with Gasteiger partial charge in [0.05, 0.1) is 4.47 Å². The molecule has 1 aliphatic rings. The highest BCUT2D eigenvalue weighted by atomic mass is 79.9. The Morgan fingerprint density at radius 1 is 1.14 bits per heavy atom. The fourth-order valence-electron chi connectivity index (χ4n) is 2.70. The van der Waals surface area contributed by atoms with Gasteiger partial charge >= 0.3 is 0 Å². The highest BCUT2D eigenvalue weighted by Gasteiger charge is 2.22. The van der Waals surface area contributed by atoms with Gasteiger partial charge in [0.15, 0.2) is 0 Å². The SMILES string of the molecule is O=C(c1ccc(Br)c(O)c1)N1CCCCc2ccccc21. The van der Waals surface area contributed by atoms with Crippen molar-refractivity contribution in [3.63, 3.8) is 0 Å². The molecule has 0 atom stereocenters. The van der Waals surface area contributed by atoms with Crippen LogP contribution in [-0.2, 0) is 6.42 Å². The van der Waals surface area contributed by atoms with Gasteiger partial charge in [0.25, 0.3) is 5.91 Å². The van der Waals surface area contributed by atoms with E-state index < -0.39 is 0 Å². The second-order valence-electron chi connectivity index (χ2n) is 5.21. The van der Waals surface area contributed by atoms with E-state index in [0.29, 0.717) is 16.6 Å². The first kappa shape index (κ1) is 14.1. The Kier molecular flexibility index (Phi) is 3.97. The van der Waals surface area contributed by atoms with Crippen LogP contribution >= 0.6 is 15.9 Å². The number of rotatable bonds is 1. The summed E-state index contributed by atoms with van der Waals surface area (Å²) in [6.45, 7) is 0.715. The molecule has 0 spiro atoms. The van der Waals surface area contributed by atoms with Gasteiger partial charge in [-0.3, -0.25) is 4.79 Å². The van der Waals surface area contributed by atoms with E-state index >= 15 is 0 Å². The Balaban J connectivity index is 1.99. The Bertz CT molecular complexity index is 684. The molecule has 0 fully saturated rings. The molecule has 0 aromatic heterocycles. The van der Waals surface area contributed by atoms with E-state index in [1.54, 1.807) is 12.1 Å². The number of para-hydroxylation sites is 1. The zero-order valence-electron chi connectivity index (χ0n) is 11.6. The molecule has 2 aromatic carbocycles. The van der Waals surface area contributed by atoms with Crippen LogP contribution in [0.4, 0.5) is 5.69 Å². The molecule has 1 amide bonds. The van der Waals surface area contributed by atoms with Gasteiger partial charge in [-0.25, -0.2) is 0 Å². The summed E-state index contributed by atoms with van der Waals surface area (Å²) >= 11 is 3.24. The van der Waals surface area contributed by atoms with Crippen LogP contribution in [0.15, 0.2) is 46.9 Å². The molecule has 1 heterocycles. The number of nitrogens with zero attached hydrogens (tertiary/aromatic N) is 1. The summed E-state index contributed by atoms with van der Waals surface area (Å²) in [5, 5.41) is 9.78. The lowest BCUT2D eigenvalue weighted by molar-refractivity contribution is 0.0986. The number of hydrogen-bond acceptors (Lipinski definition) is 2. The van der Waals surface area contributed by atoms with Crippen molar-refractivity contribution in [3.05, 3.63) is 58.1 Å². The van der Waals surface area contributed by atoms with Crippen molar-refractivity contribution in [2.24, 2.45) is 0 Å². The third-order valence-corrected chi connectivity index (χ3v) is 4.47. The number of halogens is 1. The molecule has 0 bridgehead atoms. The maximum absolute atomic E-state index is 12.8. The van der Waals surface area contributed by atoms with Gasteiger partial charge in [0.2, 0.25) is 0 Å². The number of hydrogen-bond donors (Lipinski definition) is 1. The first-order chi connectivity index (χ1) is 10.2. The highest BCUT2D eigenvalue weighted by molar-refractivity contribution is 9.10. The molecular formula is C17H16BrNO2. The first-order valence-electron chi connectivity index (χ1n) is 7.05. The van der Waals surface area contributed by atoms with Crippen LogP contribution in [0.1, 0.15) is 28.8 Å². The molecule has 0 aliphatic carbocycles. The summed E-state index contributed by atoms with van der Waals surface area (Å²) in [6, 6.07) is 13.0. The molecule has 2 aromatic rings. The molecule has 1 aliphatic heterocycles. The number of anilines is 1. The molecule has 3 rings (SSSR count). The number of carbonyl (C=O) groups excluding carboxylic acids is 1. The van der Waals surface area contributed by atoms with Gasteiger partial charge in [-0.05, 0) is 65.0 Å². The summed E-state index contributed by atoms with van der Waals surface area (Å²) in [4.78, 5) is 14.6. The maximum atomic E-state index is 12.8. The van der Waals surface area contributed by atoms with Crippen LogP contribution in [0.3, 0.4) is 0 Å². The standard InChI is InChI=1S/C17H16BrNO2/c18-14-9-8-13(11-16(14)20)17(21)19-10-4-3-6-12-5-1-2-7-15(12)19/h1-2,5,7-9,11,20H,3-4,6,10H2. The van der Waals surface area contributed by atoms with Crippen molar-refractivity contribution in [2.75, 3.05) is 11.4 Å². The Hall–Kier alpha value is -1.81. The molecular weight excluding hydrogens is 330 g/mol. The Morgan fingerprint density at radius 3 is 2.76 bits per heavy atom. The average Bonchev–Trinajstić information content (AvgIpc) is 2.71. The van der Waals surface area contributed by atoms with Crippen LogP contribution in [-0.4, -0.2) is 17.6 Å². The van der Waals surface area contributed by atoms with Crippen LogP contribution < -0.4 is 4.90 Å². The van der Waals surface area contributed by atoms with Gasteiger partial charge in [-0.1, -0.05) is 18.2 Å². The minimum absolute atomic E-state index is 0.0628. The van der Waals surface area contributed by atoms with Crippen molar-refractivity contribution in [1.29, 1.82) is 0 Å². The van der Waals surface area contributed by atoms with Crippen molar-refractivity contribution in [2.45, 2.75) is 19.3 Å². The largest absolute Gasteiger partial charge is 0.507 e. The number of aryl methyl sites for hydroxylation is 1. The van der Waals surface area contributed by atoms with Crippen molar-refractivity contribution in [1.82, 2.24) is 0 Å². The summed E-state index contributed by atoms with van der Waals surface area (Å²) in [5.74, 6) is 0.0242. The van der Waals surface area contributed by atoms with Crippen molar-refractivity contribution in [3.8, 4) is 5.75 Å². The third-order valence-electron chi connectivity index (χ3n) is 3.80. The molecule has 0 saturated heterocycles. The van der Waals surface area contributed by atoms with Crippen molar-refractivity contribution < 1.29 is 9.90 Å². The molecule has 21 heavy (non-hydrogen) atoms. The van der Waals surface area contributed by atoms with Gasteiger partial charge in [-0.15, -0.1) is 0 Å². The fourth-order valence-corrected chi connectivity index (χ4v) is 2.95. The fraction of sp³-hybridized carbons (Fsp3) is 0.235. The number of fused-ring (bicyclic) bond motifs is 1. The first-order valence-corrected chi connectivity index (χ1v) is 7.84. The second-order valence-corrected chi connectivity index (χ2v) is 6.06. The molecule has 0 radical (unpaired) electrons. The lowest BCUT2D eigenvalue weighted by Gasteiger charge is -2.23. The number of amides is 1. The monoisotopic (exact) mass is 345 g/mol. The van der Waals surface area contributed by atoms with E-state index in [0.717, 1.165) is 24.9 Å². The second kappa shape index (κ2) is 5.90. The highest BCUT2D eigenvalue weighted by Crippen LogP contribution is 2.29. The summed E-state index contributed by atoms with van der Waals surface area (Å²) in [5.41, 5.74) is 2.71. The number of aromatic hydroxyl groups is 1. The van der Waals surface area contributed by atoms with Gasteiger partial charge in [0, 0.05) is 17.8 Å². The lowest BCUT2D eigenvalue weighted by atomic mass is 10.1. The Morgan fingerprint density at radius 2 is 1.95 bits per heavy atom. The van der Waals surface area contributed by atoms with E-state index in [2.05, 4.69) is 22.0 Å². The van der Waals surface area contributed by atoms with E-state index in [4.69, 9.17) is 0 Å². The van der Waals surface area contributed by atoms with E-state index in [1.807, 2.05) is 23.1 Å². The minimum atomic E-state index is -0.0628. The minimum Gasteiger partial charge on any atom is -0.507 e. The van der Waals surface area contributed by atoms with Crippen LogP contribution in [0.25, 0.3) is 0 Å². The summed E-state index contributed by atoms with van der Waals surface area (Å²) < 4.78 is 0.593. The normalized spacial score (nSPS) is 14.4. The topological polar surface area (TPSA) is 40.5 Å². The number of benzene rings is 2. The molecule has 0 saturated carbocycles. The van der Waals surface area contributed by atoms with E-state index in [9.17, 15) is 9.90 Å². The molecule has 0 unspecified atom stereocenters. The summed E-state index contributed by atoms with van der Waals surface area (Å²) in [6.07, 6.45) is 3.08. The Labute approximate surface area is 132 Å². The molecule has 1 N–H and O–H groups in total. The van der Waals surface area contributed by atoms with Gasteiger partial charge < -0.3 is 10.0 Å². The molecule has 108 valence electrons. The van der Waals surface area contributed by atoms with Crippen LogP contribution in [0, 0.1) is 0 Å². The number of phenolic OH excluding ortho intramolecular Hbond substituents is 1. The maximum Gasteiger partial charge on any atom is 0.258 e. The van der Waals surface area contributed by atoms with Gasteiger partial charge in [-0.2, -0.15) is 0 Å².